The lowest BCUT2D eigenvalue weighted by molar-refractivity contribution is 0.609. The smallest absolute Gasteiger partial charge is 0.205 e. The molecule has 2 nitrogen and oxygen atoms in total. The van der Waals surface area contributed by atoms with E-state index < -0.39 is 5.66 Å². The zero-order chi connectivity index (χ0) is 13.0. The third kappa shape index (κ3) is 1.28. The van der Waals surface area contributed by atoms with Gasteiger partial charge in [-0.1, -0.05) is 47.5 Å². The summed E-state index contributed by atoms with van der Waals surface area (Å²) in [6.07, 6.45) is 3.40. The lowest BCUT2D eigenvalue weighted by atomic mass is 9.98. The van der Waals surface area contributed by atoms with Gasteiger partial charge in [-0.3, -0.25) is 9.98 Å². The molecule has 2 aromatic rings. The van der Waals surface area contributed by atoms with E-state index in [1.54, 1.807) is 12.4 Å². The van der Waals surface area contributed by atoms with Gasteiger partial charge in [-0.2, -0.15) is 0 Å². The molecule has 0 unspecified atom stereocenters. The van der Waals surface area contributed by atoms with E-state index in [-0.39, 0.29) is 0 Å². The van der Waals surface area contributed by atoms with Gasteiger partial charge in [0, 0.05) is 33.6 Å². The number of fused-ring (bicyclic) bond motifs is 5. The fourth-order valence-corrected chi connectivity index (χ4v) is 3.52. The van der Waals surface area contributed by atoms with Gasteiger partial charge in [0.1, 0.15) is 0 Å². The van der Waals surface area contributed by atoms with Crippen molar-refractivity contribution in [2.45, 2.75) is 5.66 Å². The molecule has 19 heavy (non-hydrogen) atoms. The van der Waals surface area contributed by atoms with Crippen molar-refractivity contribution in [3.63, 3.8) is 0 Å². The molecular formula is C15H8Cl2N2. The van der Waals surface area contributed by atoms with Crippen molar-refractivity contribution in [1.29, 1.82) is 0 Å². The Morgan fingerprint density at radius 3 is 1.68 bits per heavy atom. The van der Waals surface area contributed by atoms with Gasteiger partial charge in [-0.05, 0) is 23.3 Å². The van der Waals surface area contributed by atoms with Crippen LogP contribution in [0.25, 0.3) is 11.1 Å². The van der Waals surface area contributed by atoms with Crippen LogP contribution in [0.5, 0.6) is 0 Å². The predicted molar refractivity (Wildman–Crippen MR) is 79.7 cm³/mol. The molecule has 92 valence electrons. The van der Waals surface area contributed by atoms with Crippen molar-refractivity contribution in [1.82, 2.24) is 0 Å². The first kappa shape index (κ1) is 11.2. The highest BCUT2D eigenvalue weighted by molar-refractivity contribution is 6.34. The molecule has 4 rings (SSSR count). The quantitative estimate of drug-likeness (QED) is 0.689. The van der Waals surface area contributed by atoms with Crippen LogP contribution in [-0.4, -0.2) is 12.4 Å². The number of hydrogen-bond donors (Lipinski definition) is 0. The molecule has 0 radical (unpaired) electrons. The second-order valence-corrected chi connectivity index (χ2v) is 5.37. The standard InChI is InChI=1S/C15H8Cl2N2/c16-11-5-1-3-9-10-4-2-6-12(17)14(10)15(13(9)11)18-7-8-19-15/h1-8H. The summed E-state index contributed by atoms with van der Waals surface area (Å²) < 4.78 is 0. The molecule has 0 saturated carbocycles. The van der Waals surface area contributed by atoms with Gasteiger partial charge >= 0.3 is 0 Å². The van der Waals surface area contributed by atoms with Crippen LogP contribution in [0.15, 0.2) is 46.4 Å². The number of benzene rings is 2. The van der Waals surface area contributed by atoms with Crippen molar-refractivity contribution >= 4 is 35.6 Å². The van der Waals surface area contributed by atoms with Crippen molar-refractivity contribution in [3.8, 4) is 11.1 Å². The molecule has 1 spiro atoms. The van der Waals surface area contributed by atoms with E-state index in [1.165, 1.54) is 0 Å². The normalized spacial score (nSPS) is 16.9. The van der Waals surface area contributed by atoms with Crippen LogP contribution in [0.2, 0.25) is 10.0 Å². The summed E-state index contributed by atoms with van der Waals surface area (Å²) in [5.41, 5.74) is 3.17. The Balaban J connectivity index is 2.21. The van der Waals surface area contributed by atoms with E-state index in [2.05, 4.69) is 9.98 Å². The van der Waals surface area contributed by atoms with E-state index in [1.807, 2.05) is 36.4 Å². The SMILES string of the molecule is Clc1cccc2c1C1(N=CC=N1)c1c(Cl)cccc1-2. The number of hydrogen-bond acceptors (Lipinski definition) is 2. The average Bonchev–Trinajstić information content (AvgIpc) is 2.98. The van der Waals surface area contributed by atoms with Crippen molar-refractivity contribution in [2.75, 3.05) is 0 Å². The van der Waals surface area contributed by atoms with Crippen molar-refractivity contribution in [3.05, 3.63) is 57.6 Å². The fraction of sp³-hybridized carbons (Fsp3) is 0.0667. The van der Waals surface area contributed by atoms with Gasteiger partial charge < -0.3 is 0 Å². The van der Waals surface area contributed by atoms with Gasteiger partial charge in [0.25, 0.3) is 0 Å². The maximum absolute atomic E-state index is 6.39. The van der Waals surface area contributed by atoms with E-state index >= 15 is 0 Å². The number of rotatable bonds is 0. The van der Waals surface area contributed by atoms with Crippen LogP contribution in [0.3, 0.4) is 0 Å². The van der Waals surface area contributed by atoms with Gasteiger partial charge in [-0.25, -0.2) is 0 Å². The fourth-order valence-electron chi connectivity index (χ4n) is 2.90. The maximum atomic E-state index is 6.39. The van der Waals surface area contributed by atoms with Crippen LogP contribution >= 0.6 is 23.2 Å². The summed E-state index contributed by atoms with van der Waals surface area (Å²) in [7, 11) is 0. The molecule has 0 bridgehead atoms. The Labute approximate surface area is 120 Å². The molecule has 1 aliphatic heterocycles. The van der Waals surface area contributed by atoms with Crippen LogP contribution < -0.4 is 0 Å². The summed E-state index contributed by atoms with van der Waals surface area (Å²) in [5.74, 6) is 0. The van der Waals surface area contributed by atoms with E-state index in [0.717, 1.165) is 22.3 Å². The van der Waals surface area contributed by atoms with Gasteiger partial charge in [0.2, 0.25) is 5.66 Å². The molecule has 2 aromatic carbocycles. The third-order valence-corrected chi connectivity index (χ3v) is 4.23. The zero-order valence-corrected chi connectivity index (χ0v) is 11.3. The Morgan fingerprint density at radius 1 is 0.737 bits per heavy atom. The van der Waals surface area contributed by atoms with E-state index in [9.17, 15) is 0 Å². The van der Waals surface area contributed by atoms with Crippen LogP contribution in [0.4, 0.5) is 0 Å². The van der Waals surface area contributed by atoms with Gasteiger partial charge in [0.15, 0.2) is 0 Å². The van der Waals surface area contributed by atoms with Gasteiger partial charge in [0.05, 0.1) is 0 Å². The summed E-state index contributed by atoms with van der Waals surface area (Å²) in [4.78, 5) is 9.11. The highest BCUT2D eigenvalue weighted by atomic mass is 35.5. The molecule has 1 aliphatic carbocycles. The minimum Gasteiger partial charge on any atom is -0.252 e. The first-order valence-electron chi connectivity index (χ1n) is 5.91. The molecule has 0 fully saturated rings. The molecule has 1 heterocycles. The lowest BCUT2D eigenvalue weighted by Gasteiger charge is -2.21. The van der Waals surface area contributed by atoms with Crippen molar-refractivity contribution < 1.29 is 0 Å². The van der Waals surface area contributed by atoms with Crippen LogP contribution in [0, 0.1) is 0 Å². The monoisotopic (exact) mass is 286 g/mol. The van der Waals surface area contributed by atoms with Gasteiger partial charge in [-0.15, -0.1) is 0 Å². The van der Waals surface area contributed by atoms with E-state index in [4.69, 9.17) is 23.2 Å². The molecule has 4 heteroatoms. The molecule has 0 atom stereocenters. The topological polar surface area (TPSA) is 24.7 Å². The predicted octanol–water partition coefficient (Wildman–Crippen LogP) is 4.33. The Bertz CT molecular complexity index is 697. The number of aliphatic imine (C=N–C) groups is 2. The number of halogens is 2. The lowest BCUT2D eigenvalue weighted by Crippen LogP contribution is -2.18. The summed E-state index contributed by atoms with van der Waals surface area (Å²) >= 11 is 12.8. The third-order valence-electron chi connectivity index (χ3n) is 3.60. The largest absolute Gasteiger partial charge is 0.252 e. The molecule has 2 aliphatic rings. The average molecular weight is 287 g/mol. The minimum absolute atomic E-state index is 0.668. The molecule has 0 aromatic heterocycles. The molecular weight excluding hydrogens is 279 g/mol. The highest BCUT2D eigenvalue weighted by Crippen LogP contribution is 2.55. The van der Waals surface area contributed by atoms with E-state index in [0.29, 0.717) is 10.0 Å². The number of nitrogens with zero attached hydrogens (tertiary/aromatic N) is 2. The Hall–Kier alpha value is -1.64. The first-order valence-corrected chi connectivity index (χ1v) is 6.67. The maximum Gasteiger partial charge on any atom is 0.205 e. The van der Waals surface area contributed by atoms with Crippen LogP contribution in [-0.2, 0) is 5.66 Å². The first-order chi connectivity index (χ1) is 9.24. The Morgan fingerprint density at radius 2 is 1.21 bits per heavy atom. The zero-order valence-electron chi connectivity index (χ0n) is 9.77. The summed E-state index contributed by atoms with van der Waals surface area (Å²) in [6.45, 7) is 0. The molecule has 0 saturated heterocycles. The Kier molecular flexibility index (Phi) is 2.17. The second-order valence-electron chi connectivity index (χ2n) is 4.55. The minimum atomic E-state index is -0.790. The van der Waals surface area contributed by atoms with Crippen molar-refractivity contribution in [2.24, 2.45) is 9.98 Å². The molecule has 0 N–H and O–H groups in total. The molecule has 0 amide bonds. The highest BCUT2D eigenvalue weighted by Gasteiger charge is 2.46. The van der Waals surface area contributed by atoms with Crippen LogP contribution in [0.1, 0.15) is 11.1 Å². The summed E-state index contributed by atoms with van der Waals surface area (Å²) in [5, 5.41) is 1.34. The summed E-state index contributed by atoms with van der Waals surface area (Å²) in [6, 6.07) is 11.7. The second kappa shape index (κ2) is 3.69.